The van der Waals surface area contributed by atoms with Gasteiger partial charge in [0.15, 0.2) is 6.29 Å². The number of azo groups is 1. The van der Waals surface area contributed by atoms with Gasteiger partial charge in [-0.1, -0.05) is 37.3 Å². The summed E-state index contributed by atoms with van der Waals surface area (Å²) in [5, 5.41) is 18.9. The fourth-order valence-corrected chi connectivity index (χ4v) is 2.62. The highest BCUT2D eigenvalue weighted by atomic mass is 16.7. The van der Waals surface area contributed by atoms with Crippen molar-refractivity contribution in [1.29, 1.82) is 0 Å². The Labute approximate surface area is 167 Å². The van der Waals surface area contributed by atoms with E-state index in [2.05, 4.69) is 29.3 Å². The molecule has 1 atom stereocenters. The molecule has 5 heteroatoms. The van der Waals surface area contributed by atoms with Gasteiger partial charge in [-0.3, -0.25) is 0 Å². The summed E-state index contributed by atoms with van der Waals surface area (Å²) in [4.78, 5) is 0. The first-order valence-corrected chi connectivity index (χ1v) is 9.84. The number of aliphatic hydroxyl groups excluding tert-OH is 1. The first-order valence-electron chi connectivity index (χ1n) is 9.84. The van der Waals surface area contributed by atoms with Crippen molar-refractivity contribution in [2.45, 2.75) is 46.0 Å². The van der Waals surface area contributed by atoms with Gasteiger partial charge in [-0.05, 0) is 68.2 Å². The van der Waals surface area contributed by atoms with Crippen molar-refractivity contribution >= 4 is 11.4 Å². The molecule has 0 aliphatic heterocycles. The van der Waals surface area contributed by atoms with Gasteiger partial charge in [0.2, 0.25) is 0 Å². The van der Waals surface area contributed by atoms with Gasteiger partial charge in [-0.15, -0.1) is 0 Å². The molecule has 0 aliphatic rings. The molecule has 0 aromatic heterocycles. The number of hydrogen-bond acceptors (Lipinski definition) is 5. The topological polar surface area (TPSA) is 63.4 Å². The Morgan fingerprint density at radius 2 is 1.39 bits per heavy atom. The zero-order valence-electron chi connectivity index (χ0n) is 16.9. The maximum atomic E-state index is 10.4. The van der Waals surface area contributed by atoms with Crippen LogP contribution in [0.1, 0.15) is 44.4 Å². The summed E-state index contributed by atoms with van der Waals surface area (Å²) in [7, 11) is 0. The first kappa shape index (κ1) is 22.0. The first-order chi connectivity index (χ1) is 13.7. The van der Waals surface area contributed by atoms with Crippen molar-refractivity contribution in [2.24, 2.45) is 10.2 Å². The van der Waals surface area contributed by atoms with Crippen LogP contribution in [0.3, 0.4) is 0 Å². The zero-order valence-corrected chi connectivity index (χ0v) is 16.9. The van der Waals surface area contributed by atoms with Crippen LogP contribution in [0.15, 0.2) is 70.9 Å². The largest absolute Gasteiger partial charge is 0.388 e. The van der Waals surface area contributed by atoms with Crippen LogP contribution in [-0.2, 0) is 15.9 Å². The van der Waals surface area contributed by atoms with E-state index in [0.717, 1.165) is 23.4 Å². The van der Waals surface area contributed by atoms with E-state index in [1.807, 2.05) is 62.4 Å². The molecule has 0 fully saturated rings. The fraction of sp³-hybridized carbons (Fsp3) is 0.391. The molecule has 0 spiro atoms. The van der Waals surface area contributed by atoms with E-state index in [1.54, 1.807) is 0 Å². The van der Waals surface area contributed by atoms with Crippen LogP contribution >= 0.6 is 0 Å². The van der Waals surface area contributed by atoms with E-state index >= 15 is 0 Å². The minimum Gasteiger partial charge on any atom is -0.388 e. The van der Waals surface area contributed by atoms with Crippen LogP contribution in [-0.4, -0.2) is 24.6 Å². The Hall–Kier alpha value is -2.34. The molecular formula is C23H30N2O3. The highest BCUT2D eigenvalue weighted by molar-refractivity contribution is 5.42. The number of rotatable bonds is 11. The van der Waals surface area contributed by atoms with E-state index < -0.39 is 6.10 Å². The van der Waals surface area contributed by atoms with Gasteiger partial charge in [-0.25, -0.2) is 0 Å². The molecular weight excluding hydrogens is 352 g/mol. The molecule has 150 valence electrons. The van der Waals surface area contributed by atoms with Crippen LogP contribution in [0, 0.1) is 0 Å². The van der Waals surface area contributed by atoms with Crippen LogP contribution in [0.2, 0.25) is 0 Å². The lowest BCUT2D eigenvalue weighted by atomic mass is 10.1. The Morgan fingerprint density at radius 3 is 1.89 bits per heavy atom. The summed E-state index contributed by atoms with van der Waals surface area (Å²) < 4.78 is 10.9. The summed E-state index contributed by atoms with van der Waals surface area (Å²) in [6, 6.07) is 15.5. The SMILES string of the molecule is CCOC(/C=C/CC(O)c1ccc(N=Nc2ccc(CC)cc2)cc1)OCC. The van der Waals surface area contributed by atoms with E-state index in [1.165, 1.54) is 5.56 Å². The normalized spacial score (nSPS) is 13.0. The average molecular weight is 383 g/mol. The van der Waals surface area contributed by atoms with Gasteiger partial charge >= 0.3 is 0 Å². The van der Waals surface area contributed by atoms with Gasteiger partial charge < -0.3 is 14.6 Å². The maximum absolute atomic E-state index is 10.4. The lowest BCUT2D eigenvalue weighted by Crippen LogP contribution is -2.14. The van der Waals surface area contributed by atoms with Crippen molar-refractivity contribution in [3.8, 4) is 0 Å². The van der Waals surface area contributed by atoms with Crippen molar-refractivity contribution < 1.29 is 14.6 Å². The Bertz CT molecular complexity index is 733. The zero-order chi connectivity index (χ0) is 20.2. The van der Waals surface area contributed by atoms with Crippen molar-refractivity contribution in [3.05, 3.63) is 71.8 Å². The molecule has 1 N–H and O–H groups in total. The number of aliphatic hydroxyl groups is 1. The molecule has 28 heavy (non-hydrogen) atoms. The summed E-state index contributed by atoms with van der Waals surface area (Å²) >= 11 is 0. The van der Waals surface area contributed by atoms with Gasteiger partial charge in [0.25, 0.3) is 0 Å². The lowest BCUT2D eigenvalue weighted by molar-refractivity contribution is -0.104. The highest BCUT2D eigenvalue weighted by Crippen LogP contribution is 2.23. The van der Waals surface area contributed by atoms with Crippen LogP contribution in [0.5, 0.6) is 0 Å². The third-order valence-corrected chi connectivity index (χ3v) is 4.22. The second-order valence-electron chi connectivity index (χ2n) is 6.27. The molecule has 0 saturated carbocycles. The minimum atomic E-state index is -0.590. The second-order valence-corrected chi connectivity index (χ2v) is 6.27. The third kappa shape index (κ3) is 7.35. The standard InChI is InChI=1S/C23H30N2O3/c1-4-18-10-14-20(15-11-18)24-25-21-16-12-19(13-17-21)22(26)8-7-9-23(27-5-2)28-6-3/h7,9-17,22-23,26H,4-6,8H2,1-3H3/b9-7+,25-24?. The monoisotopic (exact) mass is 382 g/mol. The average Bonchev–Trinajstić information content (AvgIpc) is 2.73. The van der Waals surface area contributed by atoms with E-state index in [9.17, 15) is 5.11 Å². The van der Waals surface area contributed by atoms with Crippen LogP contribution in [0.25, 0.3) is 0 Å². The molecule has 5 nitrogen and oxygen atoms in total. The number of benzene rings is 2. The van der Waals surface area contributed by atoms with E-state index in [0.29, 0.717) is 19.6 Å². The minimum absolute atomic E-state index is 0.364. The van der Waals surface area contributed by atoms with Crippen molar-refractivity contribution in [1.82, 2.24) is 0 Å². The number of nitrogens with zero attached hydrogens (tertiary/aromatic N) is 2. The van der Waals surface area contributed by atoms with Gasteiger partial charge in [-0.2, -0.15) is 10.2 Å². The summed E-state index contributed by atoms with van der Waals surface area (Å²) in [6.45, 7) is 7.13. The third-order valence-electron chi connectivity index (χ3n) is 4.22. The molecule has 0 amide bonds. The molecule has 0 bridgehead atoms. The smallest absolute Gasteiger partial charge is 0.176 e. The van der Waals surface area contributed by atoms with Crippen molar-refractivity contribution in [2.75, 3.05) is 13.2 Å². The molecule has 2 aromatic carbocycles. The second kappa shape index (κ2) is 12.2. The number of hydrogen-bond donors (Lipinski definition) is 1. The summed E-state index contributed by atoms with van der Waals surface area (Å²) in [5.41, 5.74) is 3.68. The fourth-order valence-electron chi connectivity index (χ4n) is 2.62. The lowest BCUT2D eigenvalue weighted by Gasteiger charge is -2.13. The Balaban J connectivity index is 1.90. The summed E-state index contributed by atoms with van der Waals surface area (Å²) in [5.74, 6) is 0. The van der Waals surface area contributed by atoms with E-state index in [4.69, 9.17) is 9.47 Å². The Kier molecular flexibility index (Phi) is 9.55. The van der Waals surface area contributed by atoms with Gasteiger partial charge in [0.05, 0.1) is 17.5 Å². The van der Waals surface area contributed by atoms with Gasteiger partial charge in [0.1, 0.15) is 0 Å². The number of aryl methyl sites for hydroxylation is 1. The molecule has 0 saturated heterocycles. The van der Waals surface area contributed by atoms with Crippen molar-refractivity contribution in [3.63, 3.8) is 0 Å². The van der Waals surface area contributed by atoms with Gasteiger partial charge in [0, 0.05) is 13.2 Å². The van der Waals surface area contributed by atoms with Crippen LogP contribution < -0.4 is 0 Å². The predicted octanol–water partition coefficient (Wildman–Crippen LogP) is 6.04. The maximum Gasteiger partial charge on any atom is 0.176 e. The quantitative estimate of drug-likeness (QED) is 0.293. The molecule has 0 aliphatic carbocycles. The Morgan fingerprint density at radius 1 is 0.857 bits per heavy atom. The summed E-state index contributed by atoms with van der Waals surface area (Å²) in [6.07, 6.45) is 4.26. The molecule has 1 unspecified atom stereocenters. The van der Waals surface area contributed by atoms with Crippen LogP contribution in [0.4, 0.5) is 11.4 Å². The highest BCUT2D eigenvalue weighted by Gasteiger charge is 2.07. The molecule has 0 radical (unpaired) electrons. The molecule has 2 rings (SSSR count). The molecule has 2 aromatic rings. The number of ether oxygens (including phenoxy) is 2. The predicted molar refractivity (Wildman–Crippen MR) is 112 cm³/mol. The molecule has 0 heterocycles. The van der Waals surface area contributed by atoms with E-state index in [-0.39, 0.29) is 6.29 Å².